The first-order valence-electron chi connectivity index (χ1n) is 6.58. The van der Waals surface area contributed by atoms with Crippen molar-refractivity contribution in [2.75, 3.05) is 11.9 Å². The zero-order chi connectivity index (χ0) is 14.5. The highest BCUT2D eigenvalue weighted by Gasteiger charge is 2.07. The van der Waals surface area contributed by atoms with Crippen LogP contribution in [0.3, 0.4) is 0 Å². The second-order valence-corrected chi connectivity index (χ2v) is 4.53. The Morgan fingerprint density at radius 1 is 1.20 bits per heavy atom. The predicted molar refractivity (Wildman–Crippen MR) is 77.7 cm³/mol. The van der Waals surface area contributed by atoms with Gasteiger partial charge in [0.15, 0.2) is 11.6 Å². The Hall–Kier alpha value is -2.23. The molecule has 0 amide bonds. The van der Waals surface area contributed by atoms with E-state index in [1.54, 1.807) is 6.07 Å². The Bertz CT molecular complexity index is 569. The van der Waals surface area contributed by atoms with Crippen LogP contribution in [0.5, 0.6) is 11.5 Å². The Kier molecular flexibility index (Phi) is 4.45. The maximum atomic E-state index is 13.3. The van der Waals surface area contributed by atoms with E-state index in [1.165, 1.54) is 12.1 Å². The molecular weight excluding hydrogens is 257 g/mol. The molecule has 0 aromatic heterocycles. The number of halogens is 1. The number of hydrogen-bond acceptors (Lipinski definition) is 3. The molecule has 106 valence electrons. The molecule has 0 aliphatic rings. The zero-order valence-electron chi connectivity index (χ0n) is 11.6. The van der Waals surface area contributed by atoms with Gasteiger partial charge in [-0.2, -0.15) is 0 Å². The molecule has 0 bridgehead atoms. The predicted octanol–water partition coefficient (Wildman–Crippen LogP) is 4.10. The van der Waals surface area contributed by atoms with Crippen molar-refractivity contribution >= 4 is 5.69 Å². The first kappa shape index (κ1) is 14.2. The van der Waals surface area contributed by atoms with E-state index in [2.05, 4.69) is 5.32 Å². The smallest absolute Gasteiger partial charge is 0.166 e. The van der Waals surface area contributed by atoms with Crippen LogP contribution in [-0.2, 0) is 0 Å². The highest BCUT2D eigenvalue weighted by molar-refractivity contribution is 5.48. The van der Waals surface area contributed by atoms with Crippen molar-refractivity contribution in [3.8, 4) is 11.5 Å². The summed E-state index contributed by atoms with van der Waals surface area (Å²) in [6.45, 7) is 4.57. The third kappa shape index (κ3) is 3.41. The van der Waals surface area contributed by atoms with Gasteiger partial charge < -0.3 is 15.2 Å². The monoisotopic (exact) mass is 275 g/mol. The zero-order valence-corrected chi connectivity index (χ0v) is 11.6. The van der Waals surface area contributed by atoms with Crippen LogP contribution in [0, 0.1) is 5.82 Å². The second kappa shape index (κ2) is 6.28. The van der Waals surface area contributed by atoms with Gasteiger partial charge in [-0.25, -0.2) is 4.39 Å². The van der Waals surface area contributed by atoms with Crippen molar-refractivity contribution in [3.63, 3.8) is 0 Å². The van der Waals surface area contributed by atoms with Gasteiger partial charge in [-0.15, -0.1) is 0 Å². The normalized spacial score (nSPS) is 11.9. The van der Waals surface area contributed by atoms with Crippen LogP contribution >= 0.6 is 0 Å². The molecule has 2 aromatic rings. The summed E-state index contributed by atoms with van der Waals surface area (Å²) in [5, 5.41) is 12.3. The molecule has 1 unspecified atom stereocenters. The van der Waals surface area contributed by atoms with Gasteiger partial charge in [0.1, 0.15) is 5.75 Å². The maximum Gasteiger partial charge on any atom is 0.166 e. The van der Waals surface area contributed by atoms with E-state index < -0.39 is 5.82 Å². The average molecular weight is 275 g/mol. The molecule has 0 radical (unpaired) electrons. The molecule has 3 nitrogen and oxygen atoms in total. The molecule has 0 aliphatic carbocycles. The lowest BCUT2D eigenvalue weighted by molar-refractivity contribution is 0.340. The number of benzene rings is 2. The van der Waals surface area contributed by atoms with E-state index in [0.717, 1.165) is 11.3 Å². The van der Waals surface area contributed by atoms with Crippen LogP contribution in [0.25, 0.3) is 0 Å². The van der Waals surface area contributed by atoms with Crippen molar-refractivity contribution in [1.29, 1.82) is 0 Å². The number of phenolic OH excluding ortho intramolecular Hbond substituents is 1. The molecule has 0 fully saturated rings. The Balaban J connectivity index is 2.06. The lowest BCUT2D eigenvalue weighted by Gasteiger charge is -2.16. The molecule has 0 heterocycles. The number of anilines is 1. The number of aromatic hydroxyl groups is 1. The van der Waals surface area contributed by atoms with Crippen molar-refractivity contribution < 1.29 is 14.2 Å². The maximum absolute atomic E-state index is 13.3. The minimum absolute atomic E-state index is 0.0228. The Morgan fingerprint density at radius 2 is 1.90 bits per heavy atom. The highest BCUT2D eigenvalue weighted by atomic mass is 19.1. The minimum atomic E-state index is -0.631. The van der Waals surface area contributed by atoms with Crippen LogP contribution < -0.4 is 10.1 Å². The summed E-state index contributed by atoms with van der Waals surface area (Å²) in [7, 11) is 0. The van der Waals surface area contributed by atoms with Gasteiger partial charge in [-0.05, 0) is 43.7 Å². The first-order chi connectivity index (χ1) is 9.60. The summed E-state index contributed by atoms with van der Waals surface area (Å²) < 4.78 is 18.7. The topological polar surface area (TPSA) is 41.5 Å². The fourth-order valence-corrected chi connectivity index (χ4v) is 1.95. The van der Waals surface area contributed by atoms with Gasteiger partial charge in [0, 0.05) is 17.8 Å². The molecule has 2 N–H and O–H groups in total. The summed E-state index contributed by atoms with van der Waals surface area (Å²) in [4.78, 5) is 0. The summed E-state index contributed by atoms with van der Waals surface area (Å²) >= 11 is 0. The number of rotatable bonds is 5. The van der Waals surface area contributed by atoms with Gasteiger partial charge in [0.05, 0.1) is 6.61 Å². The molecule has 20 heavy (non-hydrogen) atoms. The molecular formula is C16H18FNO2. The van der Waals surface area contributed by atoms with Gasteiger partial charge in [-0.1, -0.05) is 12.1 Å². The fraction of sp³-hybridized carbons (Fsp3) is 0.250. The van der Waals surface area contributed by atoms with Crippen molar-refractivity contribution in [2.45, 2.75) is 19.9 Å². The van der Waals surface area contributed by atoms with E-state index in [0.29, 0.717) is 12.3 Å². The molecule has 0 aliphatic heterocycles. The van der Waals surface area contributed by atoms with Crippen LogP contribution in [0.2, 0.25) is 0 Å². The van der Waals surface area contributed by atoms with Crippen LogP contribution in [0.4, 0.5) is 10.1 Å². The van der Waals surface area contributed by atoms with Crippen LogP contribution in [0.15, 0.2) is 42.5 Å². The quantitative estimate of drug-likeness (QED) is 0.807. The molecule has 2 aromatic carbocycles. The number of ether oxygens (including phenoxy) is 1. The standard InChI is InChI=1S/C16H18FNO2/c1-3-20-14-7-4-12(5-8-14)11(2)18-13-6-9-16(19)15(17)10-13/h4-11,18-19H,3H2,1-2H3. The van der Waals surface area contributed by atoms with Gasteiger partial charge in [0.2, 0.25) is 0 Å². The largest absolute Gasteiger partial charge is 0.505 e. The van der Waals surface area contributed by atoms with Crippen LogP contribution in [0.1, 0.15) is 25.5 Å². The Labute approximate surface area is 118 Å². The fourth-order valence-electron chi connectivity index (χ4n) is 1.95. The van der Waals surface area contributed by atoms with E-state index in [1.807, 2.05) is 38.1 Å². The van der Waals surface area contributed by atoms with Gasteiger partial charge in [0.25, 0.3) is 0 Å². The van der Waals surface area contributed by atoms with Crippen molar-refractivity contribution in [3.05, 3.63) is 53.8 Å². The minimum Gasteiger partial charge on any atom is -0.505 e. The van der Waals surface area contributed by atoms with Crippen LogP contribution in [-0.4, -0.2) is 11.7 Å². The highest BCUT2D eigenvalue weighted by Crippen LogP contribution is 2.24. The third-order valence-electron chi connectivity index (χ3n) is 3.02. The molecule has 0 spiro atoms. The second-order valence-electron chi connectivity index (χ2n) is 4.53. The summed E-state index contributed by atoms with van der Waals surface area (Å²) in [6.07, 6.45) is 0. The average Bonchev–Trinajstić information content (AvgIpc) is 2.44. The van der Waals surface area contributed by atoms with E-state index >= 15 is 0 Å². The van der Waals surface area contributed by atoms with Gasteiger partial charge in [-0.3, -0.25) is 0 Å². The number of nitrogens with one attached hydrogen (secondary N) is 1. The number of hydrogen-bond donors (Lipinski definition) is 2. The molecule has 4 heteroatoms. The first-order valence-corrected chi connectivity index (χ1v) is 6.58. The van der Waals surface area contributed by atoms with E-state index in [4.69, 9.17) is 9.84 Å². The summed E-state index contributed by atoms with van der Waals surface area (Å²) in [5.41, 5.74) is 1.70. The van der Waals surface area contributed by atoms with Crippen molar-refractivity contribution in [1.82, 2.24) is 0 Å². The molecule has 0 saturated heterocycles. The SMILES string of the molecule is CCOc1ccc(C(C)Nc2ccc(O)c(F)c2)cc1. The molecule has 0 saturated carbocycles. The summed E-state index contributed by atoms with van der Waals surface area (Å²) in [5.74, 6) is -0.141. The molecule has 1 atom stereocenters. The Morgan fingerprint density at radius 3 is 2.50 bits per heavy atom. The summed E-state index contributed by atoms with van der Waals surface area (Å²) in [6, 6.07) is 12.0. The van der Waals surface area contributed by atoms with Gasteiger partial charge >= 0.3 is 0 Å². The lowest BCUT2D eigenvalue weighted by Crippen LogP contribution is -2.06. The van der Waals surface area contributed by atoms with E-state index in [9.17, 15) is 4.39 Å². The lowest BCUT2D eigenvalue weighted by atomic mass is 10.1. The third-order valence-corrected chi connectivity index (χ3v) is 3.02. The van der Waals surface area contributed by atoms with E-state index in [-0.39, 0.29) is 11.8 Å². The molecule has 2 rings (SSSR count). The van der Waals surface area contributed by atoms with Crippen molar-refractivity contribution in [2.24, 2.45) is 0 Å². The number of phenols is 1.